The fourth-order valence-electron chi connectivity index (χ4n) is 2.14. The third kappa shape index (κ3) is 3.80. The SMILES string of the molecule is CC(C)c1cc(F)cc(CCc2ccc(Cl)c(F)c2)c1. The highest BCUT2D eigenvalue weighted by atomic mass is 35.5. The van der Waals surface area contributed by atoms with Gasteiger partial charge in [0.2, 0.25) is 0 Å². The van der Waals surface area contributed by atoms with Crippen LogP contribution < -0.4 is 0 Å². The second-order valence-electron chi connectivity index (χ2n) is 5.30. The van der Waals surface area contributed by atoms with E-state index in [1.54, 1.807) is 18.2 Å². The van der Waals surface area contributed by atoms with Gasteiger partial charge in [0.05, 0.1) is 5.02 Å². The topological polar surface area (TPSA) is 0 Å². The van der Waals surface area contributed by atoms with E-state index in [9.17, 15) is 8.78 Å². The van der Waals surface area contributed by atoms with Crippen LogP contribution in [0, 0.1) is 11.6 Å². The van der Waals surface area contributed by atoms with E-state index < -0.39 is 5.82 Å². The monoisotopic (exact) mass is 294 g/mol. The summed E-state index contributed by atoms with van der Waals surface area (Å²) in [4.78, 5) is 0. The van der Waals surface area contributed by atoms with E-state index in [1.165, 1.54) is 12.1 Å². The van der Waals surface area contributed by atoms with Crippen molar-refractivity contribution in [1.82, 2.24) is 0 Å². The Morgan fingerprint density at radius 3 is 2.30 bits per heavy atom. The number of hydrogen-bond acceptors (Lipinski definition) is 0. The van der Waals surface area contributed by atoms with E-state index >= 15 is 0 Å². The van der Waals surface area contributed by atoms with Crippen molar-refractivity contribution in [3.05, 3.63) is 69.7 Å². The smallest absolute Gasteiger partial charge is 0.142 e. The number of rotatable bonds is 4. The van der Waals surface area contributed by atoms with Crippen LogP contribution in [0.25, 0.3) is 0 Å². The summed E-state index contributed by atoms with van der Waals surface area (Å²) in [5.74, 6) is -0.336. The lowest BCUT2D eigenvalue weighted by molar-refractivity contribution is 0.619. The van der Waals surface area contributed by atoms with Gasteiger partial charge in [-0.1, -0.05) is 37.6 Å². The van der Waals surface area contributed by atoms with Crippen molar-refractivity contribution in [1.29, 1.82) is 0 Å². The van der Waals surface area contributed by atoms with Crippen molar-refractivity contribution in [2.24, 2.45) is 0 Å². The second kappa shape index (κ2) is 6.36. The zero-order valence-electron chi connectivity index (χ0n) is 11.6. The lowest BCUT2D eigenvalue weighted by Crippen LogP contribution is -1.97. The Labute approximate surface area is 123 Å². The van der Waals surface area contributed by atoms with Crippen molar-refractivity contribution in [2.75, 3.05) is 0 Å². The maximum Gasteiger partial charge on any atom is 0.142 e. The molecule has 0 amide bonds. The Morgan fingerprint density at radius 2 is 1.65 bits per heavy atom. The fraction of sp³-hybridized carbons (Fsp3) is 0.294. The number of halogens is 3. The molecule has 0 saturated carbocycles. The zero-order chi connectivity index (χ0) is 14.7. The molecule has 0 radical (unpaired) electrons. The van der Waals surface area contributed by atoms with Crippen molar-refractivity contribution in [3.63, 3.8) is 0 Å². The molecule has 0 aliphatic heterocycles. The molecule has 2 aromatic carbocycles. The van der Waals surface area contributed by atoms with Gasteiger partial charge in [0, 0.05) is 0 Å². The first-order valence-electron chi connectivity index (χ1n) is 6.69. The van der Waals surface area contributed by atoms with Crippen LogP contribution in [0.1, 0.15) is 36.5 Å². The van der Waals surface area contributed by atoms with E-state index in [2.05, 4.69) is 0 Å². The van der Waals surface area contributed by atoms with Gasteiger partial charge in [-0.05, 0) is 59.7 Å². The molecule has 0 nitrogen and oxygen atoms in total. The van der Waals surface area contributed by atoms with Gasteiger partial charge in [0.1, 0.15) is 11.6 Å². The van der Waals surface area contributed by atoms with E-state index in [1.807, 2.05) is 19.9 Å². The molecule has 0 aliphatic rings. The lowest BCUT2D eigenvalue weighted by atomic mass is 9.97. The minimum Gasteiger partial charge on any atom is -0.207 e. The van der Waals surface area contributed by atoms with Gasteiger partial charge in [0.15, 0.2) is 0 Å². The Bertz CT molecular complexity index is 606. The second-order valence-corrected chi connectivity index (χ2v) is 5.70. The van der Waals surface area contributed by atoms with Crippen LogP contribution in [0.2, 0.25) is 5.02 Å². The fourth-order valence-corrected chi connectivity index (χ4v) is 2.25. The molecule has 0 saturated heterocycles. The molecular formula is C17H17ClF2. The van der Waals surface area contributed by atoms with Crippen LogP contribution in [0.5, 0.6) is 0 Å². The summed E-state index contributed by atoms with van der Waals surface area (Å²) < 4.78 is 26.9. The van der Waals surface area contributed by atoms with Crippen molar-refractivity contribution < 1.29 is 8.78 Å². The molecule has 0 unspecified atom stereocenters. The number of aryl methyl sites for hydroxylation is 2. The molecule has 0 bridgehead atoms. The van der Waals surface area contributed by atoms with Crippen LogP contribution >= 0.6 is 11.6 Å². The molecule has 2 aromatic rings. The lowest BCUT2D eigenvalue weighted by Gasteiger charge is -2.09. The van der Waals surface area contributed by atoms with Crippen molar-refractivity contribution in [2.45, 2.75) is 32.6 Å². The van der Waals surface area contributed by atoms with Gasteiger partial charge < -0.3 is 0 Å². The molecule has 0 N–H and O–H groups in total. The number of hydrogen-bond donors (Lipinski definition) is 0. The van der Waals surface area contributed by atoms with Crippen molar-refractivity contribution in [3.8, 4) is 0 Å². The van der Waals surface area contributed by atoms with Crippen LogP contribution in [0.15, 0.2) is 36.4 Å². The molecule has 3 heteroatoms. The summed E-state index contributed by atoms with van der Waals surface area (Å²) >= 11 is 5.65. The maximum atomic E-state index is 13.6. The highest BCUT2D eigenvalue weighted by Crippen LogP contribution is 2.20. The maximum absolute atomic E-state index is 13.6. The third-order valence-corrected chi connectivity index (χ3v) is 3.64. The van der Waals surface area contributed by atoms with Crippen LogP contribution in [0.4, 0.5) is 8.78 Å². The largest absolute Gasteiger partial charge is 0.207 e. The van der Waals surface area contributed by atoms with Gasteiger partial charge >= 0.3 is 0 Å². The minimum atomic E-state index is -0.411. The van der Waals surface area contributed by atoms with E-state index in [0.717, 1.165) is 16.7 Å². The standard InChI is InChI=1S/C17H17ClF2/c1-11(2)14-7-13(8-15(19)10-14)4-3-12-5-6-16(18)17(20)9-12/h5-11H,3-4H2,1-2H3. The first-order valence-corrected chi connectivity index (χ1v) is 7.07. The van der Waals surface area contributed by atoms with Gasteiger partial charge in [-0.3, -0.25) is 0 Å². The van der Waals surface area contributed by atoms with Crippen LogP contribution in [-0.4, -0.2) is 0 Å². The quantitative estimate of drug-likeness (QED) is 0.696. The predicted octanol–water partition coefficient (Wildman–Crippen LogP) is 5.53. The molecule has 0 heterocycles. The first kappa shape index (κ1) is 15.0. The zero-order valence-corrected chi connectivity index (χ0v) is 12.3. The number of benzene rings is 2. The predicted molar refractivity (Wildman–Crippen MR) is 79.3 cm³/mol. The van der Waals surface area contributed by atoms with Crippen LogP contribution in [-0.2, 0) is 12.8 Å². The minimum absolute atomic E-state index is 0.126. The molecule has 2 rings (SSSR count). The van der Waals surface area contributed by atoms with Gasteiger partial charge in [-0.2, -0.15) is 0 Å². The van der Waals surface area contributed by atoms with E-state index in [0.29, 0.717) is 12.8 Å². The molecule has 0 spiro atoms. The van der Waals surface area contributed by atoms with Crippen LogP contribution in [0.3, 0.4) is 0 Å². The Hall–Kier alpha value is -1.41. The molecule has 0 atom stereocenters. The molecule has 20 heavy (non-hydrogen) atoms. The molecular weight excluding hydrogens is 278 g/mol. The highest BCUT2D eigenvalue weighted by molar-refractivity contribution is 6.30. The average molecular weight is 295 g/mol. The molecule has 0 aromatic heterocycles. The Morgan fingerprint density at radius 1 is 0.950 bits per heavy atom. The summed E-state index contributed by atoms with van der Waals surface area (Å²) in [5, 5.41) is 0.126. The summed E-state index contributed by atoms with van der Waals surface area (Å²) in [5.41, 5.74) is 2.79. The summed E-state index contributed by atoms with van der Waals surface area (Å²) in [6, 6.07) is 9.91. The molecule has 0 aliphatic carbocycles. The van der Waals surface area contributed by atoms with Gasteiger partial charge in [-0.25, -0.2) is 8.78 Å². The van der Waals surface area contributed by atoms with E-state index in [4.69, 9.17) is 11.6 Å². The third-order valence-electron chi connectivity index (χ3n) is 3.33. The summed E-state index contributed by atoms with van der Waals surface area (Å²) in [6.07, 6.45) is 1.34. The van der Waals surface area contributed by atoms with E-state index in [-0.39, 0.29) is 16.8 Å². The summed E-state index contributed by atoms with van der Waals surface area (Å²) in [7, 11) is 0. The Kier molecular flexibility index (Phi) is 4.77. The van der Waals surface area contributed by atoms with Gasteiger partial charge in [-0.15, -0.1) is 0 Å². The molecule has 0 fully saturated rings. The average Bonchev–Trinajstić information content (AvgIpc) is 2.39. The van der Waals surface area contributed by atoms with Gasteiger partial charge in [0.25, 0.3) is 0 Å². The Balaban J connectivity index is 2.12. The normalized spacial score (nSPS) is 11.1. The van der Waals surface area contributed by atoms with Crippen molar-refractivity contribution >= 4 is 11.6 Å². The first-order chi connectivity index (χ1) is 9.45. The highest BCUT2D eigenvalue weighted by Gasteiger charge is 2.06. The molecule has 106 valence electrons. The summed E-state index contributed by atoms with van der Waals surface area (Å²) in [6.45, 7) is 4.07.